The maximum atomic E-state index is 12.1. The number of nitrogens with one attached hydrogen (secondary N) is 1. The number of hydrogen-bond donors (Lipinski definition) is 2. The first kappa shape index (κ1) is 11.6. The second-order valence-electron chi connectivity index (χ2n) is 4.12. The Kier molecular flexibility index (Phi) is 3.36. The van der Waals surface area contributed by atoms with E-state index in [0.717, 1.165) is 25.7 Å². The summed E-state index contributed by atoms with van der Waals surface area (Å²) in [5.41, 5.74) is 0.165. The summed E-state index contributed by atoms with van der Waals surface area (Å²) in [6.07, 6.45) is 5.10. The first-order valence-electron chi connectivity index (χ1n) is 5.57. The number of carbonyl (C=O) groups is 2. The van der Waals surface area contributed by atoms with E-state index in [4.69, 9.17) is 5.11 Å². The van der Waals surface area contributed by atoms with E-state index in [0.29, 0.717) is 0 Å². The zero-order valence-electron chi connectivity index (χ0n) is 9.30. The first-order chi connectivity index (χ1) is 8.18. The molecular weight excluding hydrogens is 224 g/mol. The molecule has 1 aromatic heterocycles. The summed E-state index contributed by atoms with van der Waals surface area (Å²) in [4.78, 5) is 24.3. The molecule has 0 bridgehead atoms. The fraction of sp³-hybridized carbons (Fsp3) is 0.600. The van der Waals surface area contributed by atoms with E-state index in [1.165, 1.54) is 11.1 Å². The van der Waals surface area contributed by atoms with Gasteiger partial charge in [-0.15, -0.1) is 0 Å². The number of carbonyl (C=O) groups excluding carboxylic acids is 1. The largest absolute Gasteiger partial charge is 0.480 e. The summed E-state index contributed by atoms with van der Waals surface area (Å²) in [5, 5.41) is 18.5. The third-order valence-electron chi connectivity index (χ3n) is 2.97. The van der Waals surface area contributed by atoms with E-state index in [2.05, 4.69) is 15.4 Å². The second-order valence-corrected chi connectivity index (χ2v) is 4.12. The lowest BCUT2D eigenvalue weighted by Crippen LogP contribution is -2.42. The Morgan fingerprint density at radius 1 is 1.47 bits per heavy atom. The molecule has 2 rings (SSSR count). The highest BCUT2D eigenvalue weighted by Crippen LogP contribution is 2.24. The maximum absolute atomic E-state index is 12.1. The molecule has 1 aliphatic carbocycles. The molecule has 0 aliphatic heterocycles. The van der Waals surface area contributed by atoms with Crippen LogP contribution in [0.5, 0.6) is 0 Å². The lowest BCUT2D eigenvalue weighted by atomic mass is 10.2. The van der Waals surface area contributed by atoms with Crippen LogP contribution in [0, 0.1) is 0 Å². The molecule has 1 heterocycles. The molecule has 0 spiro atoms. The van der Waals surface area contributed by atoms with Crippen LogP contribution in [0.4, 0.5) is 0 Å². The van der Waals surface area contributed by atoms with Crippen molar-refractivity contribution < 1.29 is 14.7 Å². The SMILES string of the molecule is O=C(O)CN(C(=O)c1cn[nH]n1)C1CCCC1. The van der Waals surface area contributed by atoms with Gasteiger partial charge in [0, 0.05) is 6.04 Å². The molecule has 2 N–H and O–H groups in total. The van der Waals surface area contributed by atoms with E-state index < -0.39 is 5.97 Å². The normalized spacial score (nSPS) is 16.0. The molecule has 1 aromatic rings. The number of carboxylic acids is 1. The Hall–Kier alpha value is -1.92. The third-order valence-corrected chi connectivity index (χ3v) is 2.97. The highest BCUT2D eigenvalue weighted by Gasteiger charge is 2.30. The number of rotatable bonds is 4. The van der Waals surface area contributed by atoms with Crippen molar-refractivity contribution in [2.45, 2.75) is 31.7 Å². The summed E-state index contributed by atoms with van der Waals surface area (Å²) >= 11 is 0. The van der Waals surface area contributed by atoms with Gasteiger partial charge in [0.1, 0.15) is 6.54 Å². The van der Waals surface area contributed by atoms with Crippen molar-refractivity contribution >= 4 is 11.9 Å². The highest BCUT2D eigenvalue weighted by molar-refractivity contribution is 5.94. The van der Waals surface area contributed by atoms with Crippen LogP contribution in [0.1, 0.15) is 36.2 Å². The van der Waals surface area contributed by atoms with Gasteiger partial charge in [0.15, 0.2) is 5.69 Å². The summed E-state index contributed by atoms with van der Waals surface area (Å²) in [6, 6.07) is 0.00954. The van der Waals surface area contributed by atoms with Crippen LogP contribution in [0.15, 0.2) is 6.20 Å². The zero-order valence-corrected chi connectivity index (χ0v) is 9.30. The Bertz CT molecular complexity index is 398. The summed E-state index contributed by atoms with van der Waals surface area (Å²) < 4.78 is 0. The van der Waals surface area contributed by atoms with Gasteiger partial charge in [-0.25, -0.2) is 0 Å². The standard InChI is InChI=1S/C10H14N4O3/c15-9(16)6-14(7-3-1-2-4-7)10(17)8-5-11-13-12-8/h5,7H,1-4,6H2,(H,15,16)(H,11,12,13). The lowest BCUT2D eigenvalue weighted by molar-refractivity contribution is -0.138. The van der Waals surface area contributed by atoms with Gasteiger partial charge in [-0.05, 0) is 12.8 Å². The van der Waals surface area contributed by atoms with E-state index in [1.54, 1.807) is 0 Å². The lowest BCUT2D eigenvalue weighted by Gasteiger charge is -2.26. The fourth-order valence-corrected chi connectivity index (χ4v) is 2.18. The minimum atomic E-state index is -1.01. The topological polar surface area (TPSA) is 99.2 Å². The quantitative estimate of drug-likeness (QED) is 0.784. The molecule has 1 fully saturated rings. The van der Waals surface area contributed by atoms with Gasteiger partial charge in [0.25, 0.3) is 5.91 Å². The van der Waals surface area contributed by atoms with Gasteiger partial charge < -0.3 is 10.0 Å². The third kappa shape index (κ3) is 2.61. The molecule has 0 unspecified atom stereocenters. The number of amides is 1. The molecule has 1 aliphatic rings. The van der Waals surface area contributed by atoms with E-state index in [-0.39, 0.29) is 24.2 Å². The molecule has 0 saturated heterocycles. The number of nitrogens with zero attached hydrogens (tertiary/aromatic N) is 3. The molecule has 7 heteroatoms. The molecule has 17 heavy (non-hydrogen) atoms. The number of aromatic nitrogens is 3. The van der Waals surface area contributed by atoms with Crippen molar-refractivity contribution in [1.82, 2.24) is 20.3 Å². The number of H-pyrrole nitrogens is 1. The molecule has 1 amide bonds. The van der Waals surface area contributed by atoms with Gasteiger partial charge in [0.05, 0.1) is 6.20 Å². The van der Waals surface area contributed by atoms with Crippen LogP contribution >= 0.6 is 0 Å². The van der Waals surface area contributed by atoms with Crippen molar-refractivity contribution in [1.29, 1.82) is 0 Å². The average molecular weight is 238 g/mol. The Morgan fingerprint density at radius 2 is 2.18 bits per heavy atom. The Balaban J connectivity index is 2.14. The molecule has 92 valence electrons. The number of hydrogen-bond acceptors (Lipinski definition) is 4. The van der Waals surface area contributed by atoms with Crippen LogP contribution in [0.3, 0.4) is 0 Å². The molecule has 0 aromatic carbocycles. The van der Waals surface area contributed by atoms with Gasteiger partial charge in [-0.1, -0.05) is 12.8 Å². The van der Waals surface area contributed by atoms with Gasteiger partial charge in [-0.2, -0.15) is 15.4 Å². The summed E-state index contributed by atoms with van der Waals surface area (Å²) in [5.74, 6) is -1.37. The molecule has 0 atom stereocenters. The number of carboxylic acid groups (broad SMARTS) is 1. The van der Waals surface area contributed by atoms with Gasteiger partial charge in [-0.3, -0.25) is 9.59 Å². The predicted molar refractivity (Wildman–Crippen MR) is 57.3 cm³/mol. The van der Waals surface area contributed by atoms with Crippen LogP contribution in [-0.4, -0.2) is 49.9 Å². The van der Waals surface area contributed by atoms with Crippen molar-refractivity contribution in [2.75, 3.05) is 6.54 Å². The van der Waals surface area contributed by atoms with Crippen LogP contribution in [0.25, 0.3) is 0 Å². The number of aromatic amines is 1. The van der Waals surface area contributed by atoms with Crippen LogP contribution < -0.4 is 0 Å². The fourth-order valence-electron chi connectivity index (χ4n) is 2.18. The Morgan fingerprint density at radius 3 is 2.71 bits per heavy atom. The van der Waals surface area contributed by atoms with E-state index >= 15 is 0 Å². The Labute approximate surface area is 97.8 Å². The van der Waals surface area contributed by atoms with Crippen molar-refractivity contribution in [3.05, 3.63) is 11.9 Å². The molecular formula is C10H14N4O3. The highest BCUT2D eigenvalue weighted by atomic mass is 16.4. The molecule has 0 radical (unpaired) electrons. The smallest absolute Gasteiger partial charge is 0.323 e. The second kappa shape index (κ2) is 4.94. The molecule has 7 nitrogen and oxygen atoms in total. The van der Waals surface area contributed by atoms with E-state index in [9.17, 15) is 9.59 Å². The summed E-state index contributed by atoms with van der Waals surface area (Å²) in [6.45, 7) is -0.281. The average Bonchev–Trinajstić information content (AvgIpc) is 2.96. The van der Waals surface area contributed by atoms with Crippen LogP contribution in [-0.2, 0) is 4.79 Å². The summed E-state index contributed by atoms with van der Waals surface area (Å²) in [7, 11) is 0. The van der Waals surface area contributed by atoms with Gasteiger partial charge in [0.2, 0.25) is 0 Å². The predicted octanol–water partition coefficient (Wildman–Crippen LogP) is 0.274. The zero-order chi connectivity index (χ0) is 12.3. The van der Waals surface area contributed by atoms with Gasteiger partial charge >= 0.3 is 5.97 Å². The van der Waals surface area contributed by atoms with E-state index in [1.807, 2.05) is 0 Å². The van der Waals surface area contributed by atoms with Crippen molar-refractivity contribution in [3.8, 4) is 0 Å². The number of aliphatic carboxylic acids is 1. The first-order valence-corrected chi connectivity index (χ1v) is 5.57. The monoisotopic (exact) mass is 238 g/mol. The maximum Gasteiger partial charge on any atom is 0.323 e. The minimum Gasteiger partial charge on any atom is -0.480 e. The van der Waals surface area contributed by atoms with Crippen molar-refractivity contribution in [3.63, 3.8) is 0 Å². The molecule has 1 saturated carbocycles. The van der Waals surface area contributed by atoms with Crippen LogP contribution in [0.2, 0.25) is 0 Å². The minimum absolute atomic E-state index is 0.00954. The van der Waals surface area contributed by atoms with Crippen molar-refractivity contribution in [2.24, 2.45) is 0 Å².